The van der Waals surface area contributed by atoms with Crippen molar-refractivity contribution in [3.05, 3.63) is 46.7 Å². The van der Waals surface area contributed by atoms with Gasteiger partial charge in [-0.3, -0.25) is 0 Å². The molecule has 0 saturated heterocycles. The van der Waals surface area contributed by atoms with Crippen LogP contribution >= 0.6 is 11.6 Å². The lowest BCUT2D eigenvalue weighted by molar-refractivity contribution is 0.568. The van der Waals surface area contributed by atoms with Gasteiger partial charge in [-0.2, -0.15) is 9.61 Å². The van der Waals surface area contributed by atoms with Gasteiger partial charge in [-0.1, -0.05) is 63.4 Å². The van der Waals surface area contributed by atoms with Crippen LogP contribution in [0.1, 0.15) is 57.8 Å². The molecule has 4 nitrogen and oxygen atoms in total. The molecule has 0 amide bonds. The van der Waals surface area contributed by atoms with Gasteiger partial charge in [0.05, 0.1) is 17.0 Å². The molecule has 1 aliphatic carbocycles. The lowest BCUT2D eigenvalue weighted by Gasteiger charge is -2.21. The lowest BCUT2D eigenvalue weighted by Crippen LogP contribution is -2.20. The predicted molar refractivity (Wildman–Crippen MR) is 113 cm³/mol. The Kier molecular flexibility index (Phi) is 4.63. The van der Waals surface area contributed by atoms with Crippen molar-refractivity contribution < 1.29 is 0 Å². The van der Waals surface area contributed by atoms with E-state index in [9.17, 15) is 0 Å². The van der Waals surface area contributed by atoms with Crippen molar-refractivity contribution in [2.75, 3.05) is 5.32 Å². The molecule has 0 bridgehead atoms. The van der Waals surface area contributed by atoms with Gasteiger partial charge in [0.15, 0.2) is 5.65 Å². The van der Waals surface area contributed by atoms with Crippen LogP contribution in [-0.4, -0.2) is 20.6 Å². The normalized spacial score (nSPS) is 15.6. The molecule has 0 unspecified atom stereocenters. The second kappa shape index (κ2) is 6.83. The minimum absolute atomic E-state index is 0.0518. The van der Waals surface area contributed by atoms with E-state index in [4.69, 9.17) is 21.7 Å². The fourth-order valence-electron chi connectivity index (χ4n) is 3.87. The maximum atomic E-state index is 6.51. The van der Waals surface area contributed by atoms with Gasteiger partial charge < -0.3 is 5.32 Å². The minimum Gasteiger partial charge on any atom is -0.367 e. The predicted octanol–water partition coefficient (Wildman–Crippen LogP) is 6.01. The topological polar surface area (TPSA) is 42.2 Å². The van der Waals surface area contributed by atoms with Crippen molar-refractivity contribution in [1.29, 1.82) is 0 Å². The first-order valence-electron chi connectivity index (χ1n) is 9.77. The van der Waals surface area contributed by atoms with E-state index in [1.807, 2.05) is 35.7 Å². The zero-order valence-corrected chi connectivity index (χ0v) is 17.3. The van der Waals surface area contributed by atoms with Gasteiger partial charge in [-0.05, 0) is 25.8 Å². The number of aryl methyl sites for hydroxylation is 1. The summed E-state index contributed by atoms with van der Waals surface area (Å²) in [6.45, 7) is 8.63. The molecule has 142 valence electrons. The van der Waals surface area contributed by atoms with Gasteiger partial charge >= 0.3 is 0 Å². The first-order valence-corrected chi connectivity index (χ1v) is 10.1. The molecule has 1 saturated carbocycles. The highest BCUT2D eigenvalue weighted by atomic mass is 35.5. The second-order valence-corrected chi connectivity index (χ2v) is 8.99. The van der Waals surface area contributed by atoms with Crippen LogP contribution < -0.4 is 5.32 Å². The van der Waals surface area contributed by atoms with Crippen LogP contribution in [0.5, 0.6) is 0 Å². The Morgan fingerprint density at radius 1 is 1.15 bits per heavy atom. The van der Waals surface area contributed by atoms with Crippen molar-refractivity contribution in [3.8, 4) is 11.1 Å². The third kappa shape index (κ3) is 3.43. The van der Waals surface area contributed by atoms with Gasteiger partial charge in [-0.15, -0.1) is 0 Å². The largest absolute Gasteiger partial charge is 0.367 e. The molecule has 3 aromatic rings. The molecular weight excluding hydrogens is 356 g/mol. The number of hydrogen-bond donors (Lipinski definition) is 1. The Morgan fingerprint density at radius 3 is 2.52 bits per heavy atom. The van der Waals surface area contributed by atoms with E-state index in [2.05, 4.69) is 32.2 Å². The summed E-state index contributed by atoms with van der Waals surface area (Å²) in [6, 6.07) is 10.6. The van der Waals surface area contributed by atoms with Gasteiger partial charge in [0, 0.05) is 28.1 Å². The molecule has 2 heterocycles. The highest BCUT2D eigenvalue weighted by Gasteiger charge is 2.24. The fraction of sp³-hybridized carbons (Fsp3) is 0.455. The number of rotatable bonds is 3. The summed E-state index contributed by atoms with van der Waals surface area (Å²) in [5.41, 5.74) is 4.82. The monoisotopic (exact) mass is 382 g/mol. The van der Waals surface area contributed by atoms with E-state index in [1.165, 1.54) is 25.7 Å². The number of fused-ring (bicyclic) bond motifs is 1. The molecule has 1 aliphatic rings. The zero-order valence-electron chi connectivity index (χ0n) is 16.5. The van der Waals surface area contributed by atoms with Crippen LogP contribution in [0.4, 0.5) is 5.82 Å². The zero-order chi connectivity index (χ0) is 19.2. The third-order valence-corrected chi connectivity index (χ3v) is 5.71. The highest BCUT2D eigenvalue weighted by Crippen LogP contribution is 2.36. The van der Waals surface area contributed by atoms with Crippen LogP contribution in [0.2, 0.25) is 5.02 Å². The van der Waals surface area contributed by atoms with Crippen LogP contribution in [0.15, 0.2) is 30.3 Å². The highest BCUT2D eigenvalue weighted by molar-refractivity contribution is 6.33. The Labute approximate surface area is 166 Å². The fourth-order valence-corrected chi connectivity index (χ4v) is 4.10. The maximum absolute atomic E-state index is 6.51. The summed E-state index contributed by atoms with van der Waals surface area (Å²) in [4.78, 5) is 5.02. The second-order valence-electron chi connectivity index (χ2n) is 8.58. The smallest absolute Gasteiger partial charge is 0.165 e. The molecule has 2 aromatic heterocycles. The molecule has 0 atom stereocenters. The summed E-state index contributed by atoms with van der Waals surface area (Å²) in [5, 5.41) is 9.28. The molecule has 0 spiro atoms. The van der Waals surface area contributed by atoms with Crippen molar-refractivity contribution in [2.24, 2.45) is 0 Å². The Hall–Kier alpha value is -2.07. The van der Waals surface area contributed by atoms with Crippen molar-refractivity contribution in [3.63, 3.8) is 0 Å². The summed E-state index contributed by atoms with van der Waals surface area (Å²) in [7, 11) is 0. The molecule has 27 heavy (non-hydrogen) atoms. The molecule has 0 aliphatic heterocycles. The van der Waals surface area contributed by atoms with E-state index in [-0.39, 0.29) is 5.41 Å². The number of nitrogens with one attached hydrogen (secondary N) is 1. The Morgan fingerprint density at radius 2 is 1.85 bits per heavy atom. The van der Waals surface area contributed by atoms with E-state index in [0.717, 1.165) is 39.0 Å². The first-order chi connectivity index (χ1) is 12.8. The van der Waals surface area contributed by atoms with Crippen molar-refractivity contribution in [1.82, 2.24) is 14.6 Å². The number of benzene rings is 1. The van der Waals surface area contributed by atoms with Crippen molar-refractivity contribution in [2.45, 2.75) is 64.8 Å². The van der Waals surface area contributed by atoms with Gasteiger partial charge in [-0.25, -0.2) is 4.98 Å². The third-order valence-electron chi connectivity index (χ3n) is 5.38. The van der Waals surface area contributed by atoms with E-state index in [1.54, 1.807) is 0 Å². The summed E-state index contributed by atoms with van der Waals surface area (Å²) in [5.74, 6) is 1.03. The number of nitrogens with zero attached hydrogens (tertiary/aromatic N) is 3. The first kappa shape index (κ1) is 18.3. The van der Waals surface area contributed by atoms with Crippen molar-refractivity contribution >= 4 is 23.1 Å². The summed E-state index contributed by atoms with van der Waals surface area (Å²) in [6.07, 6.45) is 5.01. The molecular formula is C22H27ClN4. The maximum Gasteiger partial charge on any atom is 0.165 e. The van der Waals surface area contributed by atoms with Crippen LogP contribution in [0.3, 0.4) is 0 Å². The van der Waals surface area contributed by atoms with Gasteiger partial charge in [0.1, 0.15) is 5.82 Å². The van der Waals surface area contributed by atoms with E-state index < -0.39 is 0 Å². The molecule has 0 radical (unpaired) electrons. The van der Waals surface area contributed by atoms with Gasteiger partial charge in [0.25, 0.3) is 0 Å². The van der Waals surface area contributed by atoms with E-state index >= 15 is 0 Å². The Bertz CT molecular complexity index is 978. The standard InChI is InChI=1S/C22H27ClN4/c1-14-20(16-11-7-8-12-17(16)23)21-25-18(22(2,3)4)13-19(27(21)26-14)24-15-9-5-6-10-15/h7-8,11-13,15,24H,5-6,9-10H2,1-4H3. The van der Waals surface area contributed by atoms with Crippen LogP contribution in [0.25, 0.3) is 16.8 Å². The number of hydrogen-bond acceptors (Lipinski definition) is 3. The molecule has 4 rings (SSSR count). The Balaban J connectivity index is 1.95. The summed E-state index contributed by atoms with van der Waals surface area (Å²) >= 11 is 6.51. The molecule has 1 aromatic carbocycles. The number of aromatic nitrogens is 3. The average molecular weight is 383 g/mol. The lowest BCUT2D eigenvalue weighted by atomic mass is 9.91. The number of halogens is 1. The molecule has 5 heteroatoms. The van der Waals surface area contributed by atoms with Crippen LogP contribution in [0, 0.1) is 6.92 Å². The quantitative estimate of drug-likeness (QED) is 0.603. The summed E-state index contributed by atoms with van der Waals surface area (Å²) < 4.78 is 1.96. The molecule has 1 N–H and O–H groups in total. The number of anilines is 1. The van der Waals surface area contributed by atoms with E-state index in [0.29, 0.717) is 6.04 Å². The van der Waals surface area contributed by atoms with Gasteiger partial charge in [0.2, 0.25) is 0 Å². The van der Waals surface area contributed by atoms with Crippen LogP contribution in [-0.2, 0) is 5.41 Å². The SMILES string of the molecule is Cc1nn2c(NC3CCCC3)cc(C(C)(C)C)nc2c1-c1ccccc1Cl. The average Bonchev–Trinajstić information content (AvgIpc) is 3.22. The minimum atomic E-state index is -0.0518. The molecule has 1 fully saturated rings.